The highest BCUT2D eigenvalue weighted by Crippen LogP contribution is 2.20. The standard InChI is InChI=1S/C79H151NO5/c1-3-5-7-9-11-13-15-17-19-21-23-25-27-29-31-33-35-36-37-38-39-40-41-43-45-47-49-51-53-55-57-59-61-63-65-67-69-71-73-77(83)79(85)80-75(74-81)78(84)76(82)72-70-68-66-64-62-60-58-56-54-52-50-48-46-44-42-34-32-30-28-26-24-22-20-18-16-14-12-10-8-6-4-2/h35-36,38-39,56,58,64,66,75-78,81-84H,3-34,37,40-55,57,59-63,65,67-74H2,1-2H3,(H,80,85)/b36-35-,39-38-,58-56+,66-64+. The zero-order valence-corrected chi connectivity index (χ0v) is 57.4. The number of hydrogen-bond donors (Lipinski definition) is 5. The van der Waals surface area contributed by atoms with Crippen LogP contribution in [0.4, 0.5) is 0 Å². The number of allylic oxidation sites excluding steroid dienone is 8. The van der Waals surface area contributed by atoms with Crippen molar-refractivity contribution >= 4 is 5.91 Å². The van der Waals surface area contributed by atoms with Crippen molar-refractivity contribution in [2.75, 3.05) is 6.61 Å². The predicted molar refractivity (Wildman–Crippen MR) is 376 cm³/mol. The van der Waals surface area contributed by atoms with Crippen molar-refractivity contribution in [1.82, 2.24) is 5.32 Å². The number of rotatable bonds is 72. The smallest absolute Gasteiger partial charge is 0.249 e. The lowest BCUT2D eigenvalue weighted by Crippen LogP contribution is -2.53. The van der Waals surface area contributed by atoms with Gasteiger partial charge in [0.2, 0.25) is 5.91 Å². The Morgan fingerprint density at radius 2 is 0.529 bits per heavy atom. The van der Waals surface area contributed by atoms with Crippen molar-refractivity contribution in [2.45, 2.75) is 443 Å². The minimum Gasteiger partial charge on any atom is -0.394 e. The molecule has 0 aliphatic carbocycles. The molecule has 0 aromatic carbocycles. The van der Waals surface area contributed by atoms with Crippen LogP contribution >= 0.6 is 0 Å². The van der Waals surface area contributed by atoms with Gasteiger partial charge in [0.1, 0.15) is 12.2 Å². The summed E-state index contributed by atoms with van der Waals surface area (Å²) in [4.78, 5) is 12.7. The van der Waals surface area contributed by atoms with Crippen molar-refractivity contribution in [1.29, 1.82) is 0 Å². The van der Waals surface area contributed by atoms with E-state index < -0.39 is 36.9 Å². The Bertz CT molecular complexity index is 1390. The Morgan fingerprint density at radius 3 is 0.812 bits per heavy atom. The summed E-state index contributed by atoms with van der Waals surface area (Å²) in [7, 11) is 0. The maximum absolute atomic E-state index is 12.7. The fourth-order valence-corrected chi connectivity index (χ4v) is 12.3. The lowest BCUT2D eigenvalue weighted by atomic mass is 10.00. The van der Waals surface area contributed by atoms with Gasteiger partial charge in [-0.15, -0.1) is 0 Å². The van der Waals surface area contributed by atoms with E-state index in [4.69, 9.17) is 0 Å². The molecule has 1 amide bonds. The molecule has 0 spiro atoms. The lowest BCUT2D eigenvalue weighted by Gasteiger charge is -2.27. The van der Waals surface area contributed by atoms with Gasteiger partial charge >= 0.3 is 0 Å². The molecule has 0 aliphatic rings. The summed E-state index contributed by atoms with van der Waals surface area (Å²) in [5.41, 5.74) is 0. The van der Waals surface area contributed by atoms with Crippen LogP contribution in [-0.4, -0.2) is 57.3 Å². The first-order valence-electron chi connectivity index (χ1n) is 38.5. The average Bonchev–Trinajstić information content (AvgIpc) is 3.51. The van der Waals surface area contributed by atoms with Crippen LogP contribution in [0.2, 0.25) is 0 Å². The van der Waals surface area contributed by atoms with Crippen LogP contribution in [0.25, 0.3) is 0 Å². The molecule has 0 saturated heterocycles. The lowest BCUT2D eigenvalue weighted by molar-refractivity contribution is -0.132. The summed E-state index contributed by atoms with van der Waals surface area (Å²) in [6, 6.07) is -1.01. The maximum atomic E-state index is 12.7. The molecule has 502 valence electrons. The van der Waals surface area contributed by atoms with Crippen molar-refractivity contribution in [3.8, 4) is 0 Å². The summed E-state index contributed by atoms with van der Waals surface area (Å²) in [6.07, 6.45) is 97.1. The fourth-order valence-electron chi connectivity index (χ4n) is 12.3. The molecule has 0 bridgehead atoms. The molecule has 6 heteroatoms. The second-order valence-corrected chi connectivity index (χ2v) is 26.7. The number of aliphatic hydroxyl groups is 4. The van der Waals surface area contributed by atoms with Gasteiger partial charge in [-0.3, -0.25) is 4.79 Å². The second kappa shape index (κ2) is 73.0. The van der Waals surface area contributed by atoms with Gasteiger partial charge in [0.05, 0.1) is 18.8 Å². The van der Waals surface area contributed by atoms with Crippen molar-refractivity contribution in [3.05, 3.63) is 48.6 Å². The number of unbranched alkanes of at least 4 members (excludes halogenated alkanes) is 55. The first-order chi connectivity index (χ1) is 42.0. The largest absolute Gasteiger partial charge is 0.394 e. The number of aliphatic hydroxyl groups excluding tert-OH is 4. The molecule has 4 atom stereocenters. The highest BCUT2D eigenvalue weighted by molar-refractivity contribution is 5.80. The van der Waals surface area contributed by atoms with Gasteiger partial charge in [-0.25, -0.2) is 0 Å². The molecule has 0 aliphatic heterocycles. The number of amides is 1. The van der Waals surface area contributed by atoms with E-state index in [1.54, 1.807) is 0 Å². The number of hydrogen-bond acceptors (Lipinski definition) is 5. The molecule has 0 rings (SSSR count). The number of nitrogens with one attached hydrogen (secondary N) is 1. The molecular formula is C79H151NO5. The second-order valence-electron chi connectivity index (χ2n) is 26.7. The van der Waals surface area contributed by atoms with Gasteiger partial charge in [0, 0.05) is 0 Å². The molecule has 6 nitrogen and oxygen atoms in total. The third kappa shape index (κ3) is 66.5. The van der Waals surface area contributed by atoms with E-state index in [1.807, 2.05) is 0 Å². The van der Waals surface area contributed by atoms with E-state index in [0.29, 0.717) is 19.3 Å². The summed E-state index contributed by atoms with van der Waals surface area (Å²) >= 11 is 0. The molecule has 0 aromatic rings. The van der Waals surface area contributed by atoms with E-state index in [2.05, 4.69) is 67.8 Å². The molecule has 85 heavy (non-hydrogen) atoms. The van der Waals surface area contributed by atoms with Crippen molar-refractivity contribution in [3.63, 3.8) is 0 Å². The Labute approximate surface area is 531 Å². The van der Waals surface area contributed by atoms with E-state index in [0.717, 1.165) is 44.9 Å². The Kier molecular flexibility index (Phi) is 71.5. The maximum Gasteiger partial charge on any atom is 0.249 e. The van der Waals surface area contributed by atoms with Crippen LogP contribution in [0.1, 0.15) is 418 Å². The highest BCUT2D eigenvalue weighted by Gasteiger charge is 2.28. The monoisotopic (exact) mass is 1190 g/mol. The van der Waals surface area contributed by atoms with Crippen LogP contribution in [0, 0.1) is 0 Å². The Morgan fingerprint density at radius 1 is 0.294 bits per heavy atom. The zero-order valence-electron chi connectivity index (χ0n) is 57.4. The fraction of sp³-hybridized carbons (Fsp3) is 0.886. The van der Waals surface area contributed by atoms with Gasteiger partial charge in [-0.2, -0.15) is 0 Å². The van der Waals surface area contributed by atoms with Gasteiger partial charge in [-0.1, -0.05) is 383 Å². The first kappa shape index (κ1) is 83.3. The summed E-state index contributed by atoms with van der Waals surface area (Å²) in [5.74, 6) is -0.592. The van der Waals surface area contributed by atoms with Gasteiger partial charge < -0.3 is 25.7 Å². The third-order valence-corrected chi connectivity index (χ3v) is 18.2. The summed E-state index contributed by atoms with van der Waals surface area (Å²) < 4.78 is 0. The van der Waals surface area contributed by atoms with Crippen LogP contribution in [0.5, 0.6) is 0 Å². The van der Waals surface area contributed by atoms with Crippen molar-refractivity contribution in [2.24, 2.45) is 0 Å². The SMILES string of the molecule is CCCCCCCCCCCCCCCCC/C=C\C/C=C\CCCCCCCCCCCCCCCCCCC(O)C(=O)NC(CO)C(O)C(O)CCC/C=C/CC/C=C/CCCCCCCCCCCCCCCCCCCCCCCC. The van der Waals surface area contributed by atoms with Gasteiger partial charge in [-0.05, 0) is 83.5 Å². The number of carbonyl (C=O) groups is 1. The van der Waals surface area contributed by atoms with Gasteiger partial charge in [0.15, 0.2) is 0 Å². The molecule has 0 heterocycles. The molecule has 0 radical (unpaired) electrons. The summed E-state index contributed by atoms with van der Waals surface area (Å²) in [6.45, 7) is 4.10. The van der Waals surface area contributed by atoms with E-state index >= 15 is 0 Å². The quantitative estimate of drug-likeness (QED) is 0.0308. The van der Waals surface area contributed by atoms with Gasteiger partial charge in [0.25, 0.3) is 0 Å². The predicted octanol–water partition coefficient (Wildman–Crippen LogP) is 24.4. The molecule has 4 unspecified atom stereocenters. The van der Waals surface area contributed by atoms with E-state index in [-0.39, 0.29) is 0 Å². The Hall–Kier alpha value is -1.73. The zero-order chi connectivity index (χ0) is 61.5. The topological polar surface area (TPSA) is 110 Å². The minimum atomic E-state index is -1.29. The van der Waals surface area contributed by atoms with Crippen molar-refractivity contribution < 1.29 is 25.2 Å². The third-order valence-electron chi connectivity index (χ3n) is 18.2. The Balaban J connectivity index is 3.57. The highest BCUT2D eigenvalue weighted by atomic mass is 16.3. The molecule has 0 aromatic heterocycles. The minimum absolute atomic E-state index is 0.361. The summed E-state index contributed by atoms with van der Waals surface area (Å²) in [5, 5.41) is 44.3. The molecular weight excluding hydrogens is 1040 g/mol. The van der Waals surface area contributed by atoms with E-state index in [1.165, 1.54) is 340 Å². The average molecular weight is 1200 g/mol. The van der Waals surface area contributed by atoms with Crippen LogP contribution < -0.4 is 5.32 Å². The normalized spacial score (nSPS) is 13.6. The number of carbonyl (C=O) groups excluding carboxylic acids is 1. The molecule has 0 saturated carbocycles. The van der Waals surface area contributed by atoms with E-state index in [9.17, 15) is 25.2 Å². The van der Waals surface area contributed by atoms with Crippen LogP contribution in [0.3, 0.4) is 0 Å². The molecule has 5 N–H and O–H groups in total. The van der Waals surface area contributed by atoms with Crippen LogP contribution in [0.15, 0.2) is 48.6 Å². The first-order valence-corrected chi connectivity index (χ1v) is 38.5. The van der Waals surface area contributed by atoms with Crippen LogP contribution in [-0.2, 0) is 4.79 Å². The molecule has 0 fully saturated rings.